The van der Waals surface area contributed by atoms with E-state index in [9.17, 15) is 8.42 Å². The van der Waals surface area contributed by atoms with Crippen molar-refractivity contribution in [2.45, 2.75) is 226 Å². The third kappa shape index (κ3) is 36.1. The van der Waals surface area contributed by atoms with Crippen LogP contribution in [0.2, 0.25) is 0 Å². The van der Waals surface area contributed by atoms with Crippen LogP contribution in [-0.4, -0.2) is 19.6 Å². The molecule has 0 aliphatic heterocycles. The van der Waals surface area contributed by atoms with Crippen molar-refractivity contribution < 1.29 is 17.2 Å². The van der Waals surface area contributed by atoms with Crippen molar-refractivity contribution in [3.05, 3.63) is 0 Å². The van der Waals surface area contributed by atoms with Gasteiger partial charge in [-0.25, -0.2) is 4.18 Å². The molecule has 1 unspecified atom stereocenters. The van der Waals surface area contributed by atoms with E-state index >= 15 is 0 Å². The van der Waals surface area contributed by atoms with Crippen LogP contribution < -0.4 is 0 Å². The molecule has 0 saturated heterocycles. The van der Waals surface area contributed by atoms with Gasteiger partial charge in [0.05, 0.1) is 6.61 Å². The van der Waals surface area contributed by atoms with Gasteiger partial charge in [0.2, 0.25) is 0 Å². The topological polar surface area (TPSA) is 63.6 Å². The van der Waals surface area contributed by atoms with Crippen LogP contribution in [-0.2, 0) is 14.6 Å². The maximum atomic E-state index is 11.1. The summed E-state index contributed by atoms with van der Waals surface area (Å²) in [7, 11) is -4.34. The molecule has 0 radical (unpaired) electrons. The van der Waals surface area contributed by atoms with Crippen molar-refractivity contribution in [2.75, 3.05) is 6.61 Å². The largest absolute Gasteiger partial charge is 0.397 e. The average Bonchev–Trinajstić information content (AvgIpc) is 2.96. The molecule has 0 rings (SSSR count). The fourth-order valence-electron chi connectivity index (χ4n) is 6.28. The molecule has 0 spiro atoms. The van der Waals surface area contributed by atoms with E-state index < -0.39 is 10.4 Å². The molecule has 0 heterocycles. The zero-order valence-electron chi connectivity index (χ0n) is 28.7. The molecule has 0 amide bonds. The third-order valence-electron chi connectivity index (χ3n) is 9.13. The Kier molecular flexibility index (Phi) is 33.7. The summed E-state index contributed by atoms with van der Waals surface area (Å²) in [5.41, 5.74) is 0. The van der Waals surface area contributed by atoms with Crippen molar-refractivity contribution in [3.63, 3.8) is 0 Å². The minimum absolute atomic E-state index is 0.135. The lowest BCUT2D eigenvalue weighted by molar-refractivity contribution is 0.204. The highest BCUT2D eigenvalue weighted by molar-refractivity contribution is 7.80. The highest BCUT2D eigenvalue weighted by Crippen LogP contribution is 2.21. The summed E-state index contributed by atoms with van der Waals surface area (Å²) in [6, 6.07) is 0. The summed E-state index contributed by atoms with van der Waals surface area (Å²) >= 11 is 0. The normalized spacial score (nSPS) is 12.7. The van der Waals surface area contributed by atoms with Crippen molar-refractivity contribution in [1.29, 1.82) is 0 Å². The van der Waals surface area contributed by atoms with Gasteiger partial charge in [-0.2, -0.15) is 8.42 Å². The van der Waals surface area contributed by atoms with Crippen LogP contribution in [0.15, 0.2) is 0 Å². The van der Waals surface area contributed by atoms with Crippen molar-refractivity contribution in [1.82, 2.24) is 0 Å². The van der Waals surface area contributed by atoms with Crippen molar-refractivity contribution >= 4 is 10.4 Å². The van der Waals surface area contributed by atoms with Crippen LogP contribution in [0.3, 0.4) is 0 Å². The molecule has 0 aromatic carbocycles. The van der Waals surface area contributed by atoms with Gasteiger partial charge in [0.1, 0.15) is 0 Å². The van der Waals surface area contributed by atoms with Gasteiger partial charge in [-0.3, -0.25) is 4.55 Å². The molecule has 5 heteroatoms. The maximum absolute atomic E-state index is 11.1. The highest BCUT2D eigenvalue weighted by Gasteiger charge is 2.13. The summed E-state index contributed by atoms with van der Waals surface area (Å²) in [6.07, 6.45) is 44.2. The average molecular weight is 617 g/mol. The summed E-state index contributed by atoms with van der Waals surface area (Å²) in [5.74, 6) is 0.237. The molecule has 42 heavy (non-hydrogen) atoms. The Morgan fingerprint density at radius 3 is 0.833 bits per heavy atom. The van der Waals surface area contributed by atoms with E-state index in [1.807, 2.05) is 0 Å². The lowest BCUT2D eigenvalue weighted by atomic mass is 9.94. The fraction of sp³-hybridized carbons (Fsp3) is 1.00. The van der Waals surface area contributed by atoms with Gasteiger partial charge in [-0.15, -0.1) is 0 Å². The van der Waals surface area contributed by atoms with E-state index in [0.29, 0.717) is 0 Å². The van der Waals surface area contributed by atoms with Gasteiger partial charge >= 0.3 is 10.4 Å². The molecule has 0 aliphatic carbocycles. The highest BCUT2D eigenvalue weighted by atomic mass is 32.3. The molecule has 0 fully saturated rings. The lowest BCUT2D eigenvalue weighted by Gasteiger charge is -2.16. The molecule has 254 valence electrons. The van der Waals surface area contributed by atoms with E-state index in [-0.39, 0.29) is 12.5 Å². The first-order chi connectivity index (χ1) is 20.5. The Morgan fingerprint density at radius 2 is 0.619 bits per heavy atom. The molecule has 1 N–H and O–H groups in total. The van der Waals surface area contributed by atoms with Gasteiger partial charge < -0.3 is 0 Å². The SMILES string of the molecule is CCCCCCCCCCCCCCCCCCCCC(CCCCCCCCCCCCCCC)COS(=O)(=O)O. The fourth-order valence-corrected chi connectivity index (χ4v) is 6.64. The first-order valence-electron chi connectivity index (χ1n) is 19.1. The van der Waals surface area contributed by atoms with Crippen LogP contribution in [0.4, 0.5) is 0 Å². The number of unbranched alkanes of at least 4 members (excludes halogenated alkanes) is 29. The van der Waals surface area contributed by atoms with Gasteiger partial charge in [0.15, 0.2) is 0 Å². The Bertz CT molecular complexity index is 607. The minimum Gasteiger partial charge on any atom is -0.264 e. The summed E-state index contributed by atoms with van der Waals surface area (Å²) in [5, 5.41) is 0. The van der Waals surface area contributed by atoms with E-state index in [2.05, 4.69) is 13.8 Å². The molecular formula is C37H76O4S. The number of hydrogen-bond donors (Lipinski definition) is 1. The Balaban J connectivity index is 3.64. The zero-order chi connectivity index (χ0) is 30.8. The summed E-state index contributed by atoms with van der Waals surface area (Å²) in [4.78, 5) is 0. The smallest absolute Gasteiger partial charge is 0.264 e. The van der Waals surface area contributed by atoms with E-state index in [1.54, 1.807) is 0 Å². The third-order valence-corrected chi connectivity index (χ3v) is 9.57. The second-order valence-electron chi connectivity index (χ2n) is 13.4. The molecule has 1 atom stereocenters. The predicted molar refractivity (Wildman–Crippen MR) is 185 cm³/mol. The van der Waals surface area contributed by atoms with Crippen LogP contribution in [0.25, 0.3) is 0 Å². The Hall–Kier alpha value is -0.130. The van der Waals surface area contributed by atoms with Gasteiger partial charge in [-0.1, -0.05) is 213 Å². The second kappa shape index (κ2) is 33.8. The summed E-state index contributed by atoms with van der Waals surface area (Å²) in [6.45, 7) is 4.70. The van der Waals surface area contributed by atoms with Gasteiger partial charge in [0, 0.05) is 0 Å². The van der Waals surface area contributed by atoms with Gasteiger partial charge in [0.25, 0.3) is 0 Å². The quantitative estimate of drug-likeness (QED) is 0.0562. The van der Waals surface area contributed by atoms with Crippen LogP contribution in [0.1, 0.15) is 226 Å². The number of hydrogen-bond acceptors (Lipinski definition) is 3. The van der Waals surface area contributed by atoms with Crippen LogP contribution >= 0.6 is 0 Å². The van der Waals surface area contributed by atoms with Crippen LogP contribution in [0, 0.1) is 5.92 Å². The Labute approximate surface area is 265 Å². The molecule has 0 aromatic heterocycles. The number of rotatable bonds is 36. The first-order valence-corrected chi connectivity index (χ1v) is 20.5. The van der Waals surface area contributed by atoms with E-state index in [1.165, 1.54) is 186 Å². The monoisotopic (exact) mass is 617 g/mol. The summed E-state index contributed by atoms with van der Waals surface area (Å²) < 4.78 is 36.0. The molecular weight excluding hydrogens is 540 g/mol. The van der Waals surface area contributed by atoms with E-state index in [0.717, 1.165) is 25.7 Å². The van der Waals surface area contributed by atoms with Crippen molar-refractivity contribution in [3.8, 4) is 0 Å². The first kappa shape index (κ1) is 41.9. The molecule has 0 aromatic rings. The molecule has 0 saturated carbocycles. The van der Waals surface area contributed by atoms with E-state index in [4.69, 9.17) is 8.74 Å². The molecule has 4 nitrogen and oxygen atoms in total. The minimum atomic E-state index is -4.34. The second-order valence-corrected chi connectivity index (χ2v) is 14.5. The molecule has 0 aliphatic rings. The Morgan fingerprint density at radius 1 is 0.405 bits per heavy atom. The standard InChI is InChI=1S/C37H76O4S/c1-3-5-7-9-11-13-15-17-18-19-20-21-23-25-27-29-31-33-35-37(36-41-42(38,39)40)34-32-30-28-26-24-22-16-14-12-10-8-6-4-2/h37H,3-36H2,1-2H3,(H,38,39,40). The van der Waals surface area contributed by atoms with Crippen LogP contribution in [0.5, 0.6) is 0 Å². The molecule has 0 bridgehead atoms. The predicted octanol–water partition coefficient (Wildman–Crippen LogP) is 13.3. The lowest BCUT2D eigenvalue weighted by Crippen LogP contribution is -2.14. The zero-order valence-corrected chi connectivity index (χ0v) is 29.5. The van der Waals surface area contributed by atoms with Crippen molar-refractivity contribution in [2.24, 2.45) is 5.92 Å². The van der Waals surface area contributed by atoms with Gasteiger partial charge in [-0.05, 0) is 18.8 Å². The maximum Gasteiger partial charge on any atom is 0.397 e.